The number of rotatable bonds is 9. The van der Waals surface area contributed by atoms with Crippen LogP contribution in [0.3, 0.4) is 0 Å². The summed E-state index contributed by atoms with van der Waals surface area (Å²) in [4.78, 5) is 14.8. The van der Waals surface area contributed by atoms with Crippen molar-refractivity contribution in [1.29, 1.82) is 0 Å². The predicted octanol–water partition coefficient (Wildman–Crippen LogP) is 4.66. The SMILES string of the molecule is COc1ccc(-c2cc(CN(Cc3ccc4c(c3)OCO4)C(=O)CC(C)C)no2)c(OC)c1. The van der Waals surface area contributed by atoms with Crippen LogP contribution in [0.1, 0.15) is 31.5 Å². The maximum Gasteiger partial charge on any atom is 0.231 e. The first kappa shape index (κ1) is 22.5. The van der Waals surface area contributed by atoms with E-state index in [-0.39, 0.29) is 18.6 Å². The maximum absolute atomic E-state index is 13.0. The molecule has 3 aromatic rings. The molecule has 0 unspecified atom stereocenters. The van der Waals surface area contributed by atoms with Gasteiger partial charge in [0.05, 0.1) is 26.3 Å². The van der Waals surface area contributed by atoms with Gasteiger partial charge in [-0.1, -0.05) is 25.1 Å². The monoisotopic (exact) mass is 452 g/mol. The molecule has 0 bridgehead atoms. The zero-order valence-electron chi connectivity index (χ0n) is 19.3. The molecule has 8 heteroatoms. The topological polar surface area (TPSA) is 83.3 Å². The molecule has 4 rings (SSSR count). The Morgan fingerprint density at radius 1 is 1.03 bits per heavy atom. The molecule has 1 amide bonds. The van der Waals surface area contributed by atoms with Crippen LogP contribution in [-0.2, 0) is 17.9 Å². The van der Waals surface area contributed by atoms with Crippen LogP contribution in [0.4, 0.5) is 0 Å². The average molecular weight is 453 g/mol. The summed E-state index contributed by atoms with van der Waals surface area (Å²) in [5.41, 5.74) is 2.37. The Morgan fingerprint density at radius 3 is 2.61 bits per heavy atom. The first-order valence-electron chi connectivity index (χ1n) is 10.8. The van der Waals surface area contributed by atoms with Gasteiger partial charge in [0.2, 0.25) is 12.7 Å². The van der Waals surface area contributed by atoms with Gasteiger partial charge in [-0.2, -0.15) is 0 Å². The highest BCUT2D eigenvalue weighted by molar-refractivity contribution is 5.76. The number of hydrogen-bond donors (Lipinski definition) is 0. The van der Waals surface area contributed by atoms with E-state index >= 15 is 0 Å². The van der Waals surface area contributed by atoms with Crippen molar-refractivity contribution in [2.45, 2.75) is 33.4 Å². The van der Waals surface area contributed by atoms with Crippen molar-refractivity contribution in [2.24, 2.45) is 5.92 Å². The fourth-order valence-corrected chi connectivity index (χ4v) is 3.68. The highest BCUT2D eigenvalue weighted by Crippen LogP contribution is 2.35. The van der Waals surface area contributed by atoms with Crippen molar-refractivity contribution in [3.05, 3.63) is 53.7 Å². The van der Waals surface area contributed by atoms with Crippen LogP contribution < -0.4 is 18.9 Å². The van der Waals surface area contributed by atoms with E-state index in [4.69, 9.17) is 23.5 Å². The lowest BCUT2D eigenvalue weighted by Gasteiger charge is -2.23. The Morgan fingerprint density at radius 2 is 1.85 bits per heavy atom. The van der Waals surface area contributed by atoms with Crippen LogP contribution in [0, 0.1) is 5.92 Å². The molecule has 174 valence electrons. The molecular formula is C25H28N2O6. The summed E-state index contributed by atoms with van der Waals surface area (Å²) in [6, 6.07) is 13.0. The molecule has 1 aliphatic rings. The van der Waals surface area contributed by atoms with E-state index in [2.05, 4.69) is 5.16 Å². The van der Waals surface area contributed by atoms with E-state index < -0.39 is 0 Å². The molecular weight excluding hydrogens is 424 g/mol. The lowest BCUT2D eigenvalue weighted by molar-refractivity contribution is -0.133. The van der Waals surface area contributed by atoms with Crippen molar-refractivity contribution in [3.8, 4) is 34.3 Å². The average Bonchev–Trinajstić information content (AvgIpc) is 3.46. The third-order valence-electron chi connectivity index (χ3n) is 5.33. The van der Waals surface area contributed by atoms with Gasteiger partial charge in [0.15, 0.2) is 17.3 Å². The van der Waals surface area contributed by atoms with E-state index in [1.54, 1.807) is 25.2 Å². The quantitative estimate of drug-likeness (QED) is 0.467. The highest BCUT2D eigenvalue weighted by atomic mass is 16.7. The molecule has 1 aromatic heterocycles. The van der Waals surface area contributed by atoms with Crippen molar-refractivity contribution < 1.29 is 28.3 Å². The molecule has 1 aliphatic heterocycles. The van der Waals surface area contributed by atoms with Gasteiger partial charge >= 0.3 is 0 Å². The van der Waals surface area contributed by atoms with E-state index in [0.717, 1.165) is 11.1 Å². The Bertz CT molecular complexity index is 1120. The summed E-state index contributed by atoms with van der Waals surface area (Å²) in [7, 11) is 3.19. The molecule has 0 radical (unpaired) electrons. The summed E-state index contributed by atoms with van der Waals surface area (Å²) in [5, 5.41) is 4.21. The molecule has 0 aliphatic carbocycles. The molecule has 2 aromatic carbocycles. The van der Waals surface area contributed by atoms with Crippen LogP contribution in [0.25, 0.3) is 11.3 Å². The van der Waals surface area contributed by atoms with Gasteiger partial charge in [-0.25, -0.2) is 0 Å². The van der Waals surface area contributed by atoms with Gasteiger partial charge < -0.3 is 28.4 Å². The number of amides is 1. The number of aromatic nitrogens is 1. The first-order valence-corrected chi connectivity index (χ1v) is 10.8. The number of methoxy groups -OCH3 is 2. The Balaban J connectivity index is 1.55. The van der Waals surface area contributed by atoms with Gasteiger partial charge in [-0.3, -0.25) is 4.79 Å². The van der Waals surface area contributed by atoms with E-state index in [1.165, 1.54) is 0 Å². The second kappa shape index (κ2) is 9.85. The second-order valence-electron chi connectivity index (χ2n) is 8.28. The van der Waals surface area contributed by atoms with Crippen molar-refractivity contribution >= 4 is 5.91 Å². The molecule has 0 fully saturated rings. The van der Waals surface area contributed by atoms with Crippen LogP contribution in [0.2, 0.25) is 0 Å². The van der Waals surface area contributed by atoms with Gasteiger partial charge in [0.1, 0.15) is 17.2 Å². The molecule has 0 spiro atoms. The largest absolute Gasteiger partial charge is 0.497 e. The van der Waals surface area contributed by atoms with Crippen molar-refractivity contribution in [3.63, 3.8) is 0 Å². The maximum atomic E-state index is 13.0. The molecule has 0 atom stereocenters. The molecule has 33 heavy (non-hydrogen) atoms. The Hall–Kier alpha value is -3.68. The minimum atomic E-state index is 0.0502. The zero-order valence-corrected chi connectivity index (χ0v) is 19.3. The smallest absolute Gasteiger partial charge is 0.231 e. The summed E-state index contributed by atoms with van der Waals surface area (Å²) in [6.45, 7) is 5.02. The highest BCUT2D eigenvalue weighted by Gasteiger charge is 2.21. The van der Waals surface area contributed by atoms with E-state index in [9.17, 15) is 4.79 Å². The number of fused-ring (bicyclic) bond motifs is 1. The van der Waals surface area contributed by atoms with Gasteiger partial charge in [-0.15, -0.1) is 0 Å². The minimum absolute atomic E-state index is 0.0502. The Labute approximate surface area is 193 Å². The third-order valence-corrected chi connectivity index (χ3v) is 5.33. The number of benzene rings is 2. The number of nitrogens with zero attached hydrogens (tertiary/aromatic N) is 2. The van der Waals surface area contributed by atoms with Crippen LogP contribution in [0.5, 0.6) is 23.0 Å². The standard InChI is InChI=1S/C25H28N2O6/c1-16(2)9-25(28)27(13-17-5-8-21-24(10-17)32-15-31-21)14-18-11-23(33-26-18)20-7-6-19(29-3)12-22(20)30-4/h5-8,10-12,16H,9,13-15H2,1-4H3. The molecule has 2 heterocycles. The lowest BCUT2D eigenvalue weighted by atomic mass is 10.1. The number of carbonyl (C=O) groups excluding carboxylic acids is 1. The van der Waals surface area contributed by atoms with Crippen LogP contribution >= 0.6 is 0 Å². The number of hydrogen-bond acceptors (Lipinski definition) is 7. The predicted molar refractivity (Wildman–Crippen MR) is 121 cm³/mol. The first-order chi connectivity index (χ1) is 16.0. The summed E-state index contributed by atoms with van der Waals surface area (Å²) in [6.07, 6.45) is 0.446. The third kappa shape index (κ3) is 5.22. The zero-order chi connectivity index (χ0) is 23.4. The number of ether oxygens (including phenoxy) is 4. The summed E-state index contributed by atoms with van der Waals surface area (Å²) < 4.78 is 27.2. The van der Waals surface area contributed by atoms with Crippen LogP contribution in [-0.4, -0.2) is 37.0 Å². The molecule has 0 saturated heterocycles. The summed E-state index contributed by atoms with van der Waals surface area (Å²) in [5.74, 6) is 3.56. The fourth-order valence-electron chi connectivity index (χ4n) is 3.68. The Kier molecular flexibility index (Phi) is 6.72. The van der Waals surface area contributed by atoms with Crippen molar-refractivity contribution in [1.82, 2.24) is 10.1 Å². The van der Waals surface area contributed by atoms with Gasteiger partial charge in [-0.05, 0) is 35.7 Å². The van der Waals surface area contributed by atoms with Crippen LogP contribution in [0.15, 0.2) is 47.0 Å². The van der Waals surface area contributed by atoms with E-state index in [0.29, 0.717) is 54.0 Å². The minimum Gasteiger partial charge on any atom is -0.497 e. The second-order valence-corrected chi connectivity index (χ2v) is 8.28. The molecule has 0 N–H and O–H groups in total. The number of carbonyl (C=O) groups is 1. The fraction of sp³-hybridized carbons (Fsp3) is 0.360. The lowest BCUT2D eigenvalue weighted by Crippen LogP contribution is -2.31. The van der Waals surface area contributed by atoms with Gasteiger partial charge in [0.25, 0.3) is 0 Å². The van der Waals surface area contributed by atoms with E-state index in [1.807, 2.05) is 50.2 Å². The van der Waals surface area contributed by atoms with Crippen molar-refractivity contribution in [2.75, 3.05) is 21.0 Å². The molecule has 8 nitrogen and oxygen atoms in total. The molecule has 0 saturated carbocycles. The normalized spacial score (nSPS) is 12.2. The van der Waals surface area contributed by atoms with Gasteiger partial charge in [0, 0.05) is 25.1 Å². The summed E-state index contributed by atoms with van der Waals surface area (Å²) >= 11 is 0.